The van der Waals surface area contributed by atoms with Crippen molar-refractivity contribution >= 4 is 11.7 Å². The van der Waals surface area contributed by atoms with Crippen molar-refractivity contribution in [3.63, 3.8) is 0 Å². The maximum Gasteiger partial charge on any atom is 0.346 e. The van der Waals surface area contributed by atoms with Gasteiger partial charge in [0.05, 0.1) is 29.3 Å². The van der Waals surface area contributed by atoms with Gasteiger partial charge in [-0.25, -0.2) is 4.79 Å². The first-order valence-electron chi connectivity index (χ1n) is 7.63. The van der Waals surface area contributed by atoms with Crippen molar-refractivity contribution in [2.24, 2.45) is 0 Å². The standard InChI is InChI=1S/C16H23NO7/c1-8(2)22-12-7-11(17(20)21)13(16(18)19)15(24-10(5)6)14(12)23-9(3)4/h7-10H,1-6H3,(H,18,19). The van der Waals surface area contributed by atoms with E-state index in [4.69, 9.17) is 14.2 Å². The van der Waals surface area contributed by atoms with E-state index in [2.05, 4.69) is 0 Å². The van der Waals surface area contributed by atoms with Crippen LogP contribution in [0.1, 0.15) is 51.9 Å². The predicted molar refractivity (Wildman–Crippen MR) is 87.3 cm³/mol. The highest BCUT2D eigenvalue weighted by Crippen LogP contribution is 2.46. The first kappa shape index (κ1) is 19.5. The van der Waals surface area contributed by atoms with E-state index in [9.17, 15) is 20.0 Å². The quantitative estimate of drug-likeness (QED) is 0.568. The fourth-order valence-corrected chi connectivity index (χ4v) is 1.99. The van der Waals surface area contributed by atoms with Gasteiger partial charge in [-0.3, -0.25) is 10.1 Å². The number of ether oxygens (including phenoxy) is 3. The fourth-order valence-electron chi connectivity index (χ4n) is 1.99. The van der Waals surface area contributed by atoms with Gasteiger partial charge in [-0.1, -0.05) is 0 Å². The summed E-state index contributed by atoms with van der Waals surface area (Å²) in [7, 11) is 0. The van der Waals surface area contributed by atoms with Crippen LogP contribution in [-0.4, -0.2) is 34.3 Å². The molecule has 1 rings (SSSR count). The molecule has 1 aromatic rings. The summed E-state index contributed by atoms with van der Waals surface area (Å²) < 4.78 is 16.8. The van der Waals surface area contributed by atoms with Gasteiger partial charge in [-0.2, -0.15) is 0 Å². The molecule has 8 nitrogen and oxygen atoms in total. The van der Waals surface area contributed by atoms with Crippen LogP contribution in [0.25, 0.3) is 0 Å². The molecular formula is C16H23NO7. The van der Waals surface area contributed by atoms with Gasteiger partial charge in [0.2, 0.25) is 5.75 Å². The number of carboxylic acid groups (broad SMARTS) is 1. The second-order valence-corrected chi connectivity index (χ2v) is 5.99. The lowest BCUT2D eigenvalue weighted by Crippen LogP contribution is -2.17. The van der Waals surface area contributed by atoms with E-state index >= 15 is 0 Å². The molecule has 1 N–H and O–H groups in total. The molecule has 0 heterocycles. The van der Waals surface area contributed by atoms with Crippen LogP contribution in [0.15, 0.2) is 6.07 Å². The third kappa shape index (κ3) is 4.74. The van der Waals surface area contributed by atoms with E-state index in [0.29, 0.717) is 0 Å². The second-order valence-electron chi connectivity index (χ2n) is 5.99. The zero-order valence-electron chi connectivity index (χ0n) is 14.7. The lowest BCUT2D eigenvalue weighted by molar-refractivity contribution is -0.385. The molecule has 0 saturated carbocycles. The monoisotopic (exact) mass is 341 g/mol. The Morgan fingerprint density at radius 3 is 1.83 bits per heavy atom. The van der Waals surface area contributed by atoms with Gasteiger partial charge in [0.15, 0.2) is 17.1 Å². The predicted octanol–water partition coefficient (Wildman–Crippen LogP) is 3.65. The molecule has 0 spiro atoms. The molecule has 8 heteroatoms. The van der Waals surface area contributed by atoms with E-state index in [1.165, 1.54) is 0 Å². The lowest BCUT2D eigenvalue weighted by atomic mass is 10.1. The fraction of sp³-hybridized carbons (Fsp3) is 0.562. The van der Waals surface area contributed by atoms with E-state index in [0.717, 1.165) is 6.07 Å². The minimum absolute atomic E-state index is 0.0513. The highest BCUT2D eigenvalue weighted by Gasteiger charge is 2.33. The van der Waals surface area contributed by atoms with Crippen LogP contribution in [0.2, 0.25) is 0 Å². The minimum atomic E-state index is -1.47. The van der Waals surface area contributed by atoms with E-state index in [1.54, 1.807) is 41.5 Å². The molecular weight excluding hydrogens is 318 g/mol. The molecule has 0 unspecified atom stereocenters. The topological polar surface area (TPSA) is 108 Å². The Kier molecular flexibility index (Phi) is 6.39. The number of carbonyl (C=O) groups is 1. The highest BCUT2D eigenvalue weighted by atomic mass is 16.6. The molecule has 0 atom stereocenters. The Morgan fingerprint density at radius 2 is 1.46 bits per heavy atom. The zero-order valence-corrected chi connectivity index (χ0v) is 14.7. The molecule has 0 aliphatic carbocycles. The molecule has 0 aliphatic heterocycles. The molecule has 1 aromatic carbocycles. The summed E-state index contributed by atoms with van der Waals surface area (Å²) in [5.41, 5.74) is -1.16. The number of nitro groups is 1. The molecule has 24 heavy (non-hydrogen) atoms. The lowest BCUT2D eigenvalue weighted by Gasteiger charge is -2.22. The summed E-state index contributed by atoms with van der Waals surface area (Å²) in [6.45, 7) is 10.4. The highest BCUT2D eigenvalue weighted by molar-refractivity contribution is 5.97. The number of hydrogen-bond acceptors (Lipinski definition) is 6. The average molecular weight is 341 g/mol. The maximum absolute atomic E-state index is 11.6. The van der Waals surface area contributed by atoms with Gasteiger partial charge < -0.3 is 19.3 Å². The largest absolute Gasteiger partial charge is 0.487 e. The van der Waals surface area contributed by atoms with Crippen LogP contribution in [0, 0.1) is 10.1 Å². The van der Waals surface area contributed by atoms with Gasteiger partial charge in [-0.05, 0) is 41.5 Å². The molecule has 0 fully saturated rings. The first-order valence-corrected chi connectivity index (χ1v) is 7.63. The van der Waals surface area contributed by atoms with Crippen molar-refractivity contribution < 1.29 is 29.0 Å². The summed E-state index contributed by atoms with van der Waals surface area (Å²) in [4.78, 5) is 22.2. The minimum Gasteiger partial charge on any atom is -0.487 e. The molecule has 0 amide bonds. The van der Waals surface area contributed by atoms with Gasteiger partial charge >= 0.3 is 5.97 Å². The van der Waals surface area contributed by atoms with Crippen LogP contribution in [0.3, 0.4) is 0 Å². The van der Waals surface area contributed by atoms with Crippen LogP contribution in [0.4, 0.5) is 5.69 Å². The number of carboxylic acids is 1. The van der Waals surface area contributed by atoms with Crippen molar-refractivity contribution in [3.05, 3.63) is 21.7 Å². The van der Waals surface area contributed by atoms with Crippen molar-refractivity contribution in [2.45, 2.75) is 59.9 Å². The third-order valence-electron chi connectivity index (χ3n) is 2.66. The summed E-state index contributed by atoms with van der Waals surface area (Å²) in [5, 5.41) is 20.8. The smallest absolute Gasteiger partial charge is 0.346 e. The molecule has 0 bridgehead atoms. The number of nitrogens with zero attached hydrogens (tertiary/aromatic N) is 1. The molecule has 134 valence electrons. The summed E-state index contributed by atoms with van der Waals surface area (Å²) in [6.07, 6.45) is -1.01. The Hall–Kier alpha value is -2.51. The van der Waals surface area contributed by atoms with Crippen molar-refractivity contribution in [1.82, 2.24) is 0 Å². The summed E-state index contributed by atoms with van der Waals surface area (Å²) in [6, 6.07) is 1.06. The first-order chi connectivity index (χ1) is 11.0. The van der Waals surface area contributed by atoms with Crippen LogP contribution < -0.4 is 14.2 Å². The average Bonchev–Trinajstić information content (AvgIpc) is 2.39. The van der Waals surface area contributed by atoms with Crippen LogP contribution in [0.5, 0.6) is 17.2 Å². The number of hydrogen-bond donors (Lipinski definition) is 1. The Balaban J connectivity index is 3.79. The van der Waals surface area contributed by atoms with E-state index in [-0.39, 0.29) is 29.5 Å². The summed E-state index contributed by atoms with van der Waals surface area (Å²) >= 11 is 0. The number of aromatic carboxylic acids is 1. The molecule has 0 aromatic heterocycles. The van der Waals surface area contributed by atoms with Gasteiger partial charge in [-0.15, -0.1) is 0 Å². The molecule has 0 saturated heterocycles. The Morgan fingerprint density at radius 1 is 1.00 bits per heavy atom. The normalized spacial score (nSPS) is 11.0. The molecule has 0 aliphatic rings. The van der Waals surface area contributed by atoms with Gasteiger partial charge in [0, 0.05) is 0 Å². The number of benzene rings is 1. The number of rotatable bonds is 8. The maximum atomic E-state index is 11.6. The van der Waals surface area contributed by atoms with Crippen LogP contribution >= 0.6 is 0 Å². The van der Waals surface area contributed by atoms with Gasteiger partial charge in [0.25, 0.3) is 5.69 Å². The van der Waals surface area contributed by atoms with Gasteiger partial charge in [0.1, 0.15) is 0 Å². The SMILES string of the molecule is CC(C)Oc1cc([N+](=O)[O-])c(C(=O)O)c(OC(C)C)c1OC(C)C. The zero-order chi connectivity index (χ0) is 18.6. The van der Waals surface area contributed by atoms with Crippen molar-refractivity contribution in [1.29, 1.82) is 0 Å². The van der Waals surface area contributed by atoms with Crippen molar-refractivity contribution in [3.8, 4) is 17.2 Å². The molecule has 0 radical (unpaired) electrons. The van der Waals surface area contributed by atoms with Crippen molar-refractivity contribution in [2.75, 3.05) is 0 Å². The van der Waals surface area contributed by atoms with E-state index in [1.807, 2.05) is 0 Å². The second kappa shape index (κ2) is 7.85. The van der Waals surface area contributed by atoms with Crippen LogP contribution in [-0.2, 0) is 0 Å². The Labute approximate surface area is 140 Å². The number of nitro benzene ring substituents is 1. The third-order valence-corrected chi connectivity index (χ3v) is 2.66. The van der Waals surface area contributed by atoms with E-state index < -0.39 is 28.2 Å². The Bertz CT molecular complexity index is 623. The summed E-state index contributed by atoms with van der Waals surface area (Å²) in [5.74, 6) is -1.54.